The lowest BCUT2D eigenvalue weighted by Gasteiger charge is -2.14. The Balaban J connectivity index is 1.93. The van der Waals surface area contributed by atoms with Gasteiger partial charge in [0.1, 0.15) is 5.75 Å². The summed E-state index contributed by atoms with van der Waals surface area (Å²) < 4.78 is 11.2. The molecule has 28 heavy (non-hydrogen) atoms. The summed E-state index contributed by atoms with van der Waals surface area (Å²) in [7, 11) is 0. The normalized spacial score (nSPS) is 10.9. The monoisotopic (exact) mass is 384 g/mol. The average Bonchev–Trinajstić information content (AvgIpc) is 2.72. The molecule has 1 aromatic heterocycles. The molecule has 0 amide bonds. The number of esters is 1. The van der Waals surface area contributed by atoms with Gasteiger partial charge in [0.05, 0.1) is 24.9 Å². The van der Waals surface area contributed by atoms with Crippen LogP contribution < -0.4 is 9.47 Å². The Morgan fingerprint density at radius 1 is 0.893 bits per heavy atom. The van der Waals surface area contributed by atoms with Crippen molar-refractivity contribution in [2.24, 2.45) is 5.92 Å². The van der Waals surface area contributed by atoms with E-state index in [9.17, 15) is 4.79 Å². The topological polar surface area (TPSA) is 61.3 Å². The minimum atomic E-state index is -0.141. The van der Waals surface area contributed by atoms with Crippen LogP contribution in [-0.2, 0) is 4.79 Å². The molecule has 0 bridgehead atoms. The van der Waals surface area contributed by atoms with E-state index in [0.29, 0.717) is 23.9 Å². The van der Waals surface area contributed by atoms with E-state index in [2.05, 4.69) is 30.7 Å². The van der Waals surface area contributed by atoms with Crippen LogP contribution in [0.15, 0.2) is 36.7 Å². The van der Waals surface area contributed by atoms with Crippen LogP contribution in [0.1, 0.15) is 65.7 Å². The zero-order chi connectivity index (χ0) is 20.2. The van der Waals surface area contributed by atoms with Gasteiger partial charge in [-0.15, -0.1) is 0 Å². The summed E-state index contributed by atoms with van der Waals surface area (Å²) in [5.74, 6) is 1.69. The molecule has 0 aliphatic rings. The molecule has 1 heterocycles. The van der Waals surface area contributed by atoms with E-state index in [4.69, 9.17) is 9.47 Å². The van der Waals surface area contributed by atoms with Gasteiger partial charge in [-0.05, 0) is 43.5 Å². The van der Waals surface area contributed by atoms with Gasteiger partial charge in [0.2, 0.25) is 0 Å². The highest BCUT2D eigenvalue weighted by molar-refractivity contribution is 5.75. The number of hydrogen-bond acceptors (Lipinski definition) is 5. The van der Waals surface area contributed by atoms with Crippen LogP contribution in [0.2, 0.25) is 0 Å². The zero-order valence-electron chi connectivity index (χ0n) is 17.3. The lowest BCUT2D eigenvalue weighted by atomic mass is 9.99. The number of carbonyl (C=O) groups is 1. The van der Waals surface area contributed by atoms with Crippen LogP contribution in [-0.4, -0.2) is 22.5 Å². The van der Waals surface area contributed by atoms with Gasteiger partial charge in [-0.1, -0.05) is 46.5 Å². The summed E-state index contributed by atoms with van der Waals surface area (Å²) in [5.41, 5.74) is 0.871. The number of rotatable bonds is 12. The Labute approximate surface area is 168 Å². The van der Waals surface area contributed by atoms with Crippen LogP contribution in [0.5, 0.6) is 11.5 Å². The van der Waals surface area contributed by atoms with Crippen molar-refractivity contribution in [1.82, 2.24) is 9.97 Å². The van der Waals surface area contributed by atoms with E-state index in [0.717, 1.165) is 44.1 Å². The van der Waals surface area contributed by atoms with E-state index in [1.54, 1.807) is 24.5 Å². The number of hydrogen-bond donors (Lipinski definition) is 0. The lowest BCUT2D eigenvalue weighted by Crippen LogP contribution is -2.20. The van der Waals surface area contributed by atoms with E-state index in [1.807, 2.05) is 12.1 Å². The molecule has 1 aromatic carbocycles. The molecule has 5 heteroatoms. The smallest absolute Gasteiger partial charge is 0.314 e. The molecule has 0 radical (unpaired) electrons. The van der Waals surface area contributed by atoms with Crippen LogP contribution in [0.3, 0.4) is 0 Å². The van der Waals surface area contributed by atoms with Crippen molar-refractivity contribution in [2.45, 2.75) is 65.7 Å². The maximum atomic E-state index is 12.4. The van der Waals surface area contributed by atoms with Crippen molar-refractivity contribution >= 4 is 5.97 Å². The Kier molecular flexibility index (Phi) is 9.46. The minimum Gasteiger partial charge on any atom is -0.490 e. The third-order valence-electron chi connectivity index (χ3n) is 4.58. The predicted molar refractivity (Wildman–Crippen MR) is 111 cm³/mol. The van der Waals surface area contributed by atoms with Crippen molar-refractivity contribution in [3.8, 4) is 22.9 Å². The number of carbonyl (C=O) groups excluding carboxylic acids is 1. The van der Waals surface area contributed by atoms with Crippen LogP contribution in [0.4, 0.5) is 0 Å². The molecule has 0 spiro atoms. The second-order valence-electron chi connectivity index (χ2n) is 7.02. The highest BCUT2D eigenvalue weighted by Crippen LogP contribution is 2.22. The van der Waals surface area contributed by atoms with Crippen molar-refractivity contribution in [3.63, 3.8) is 0 Å². The van der Waals surface area contributed by atoms with Crippen LogP contribution >= 0.6 is 0 Å². The molecule has 0 atom stereocenters. The van der Waals surface area contributed by atoms with Crippen LogP contribution in [0, 0.1) is 5.92 Å². The first kappa shape index (κ1) is 21.9. The zero-order valence-corrected chi connectivity index (χ0v) is 17.3. The van der Waals surface area contributed by atoms with Crippen molar-refractivity contribution < 1.29 is 14.3 Å². The summed E-state index contributed by atoms with van der Waals surface area (Å²) in [5, 5.41) is 0. The molecule has 0 N–H and O–H groups in total. The van der Waals surface area contributed by atoms with E-state index >= 15 is 0 Å². The number of aromatic nitrogens is 2. The van der Waals surface area contributed by atoms with Gasteiger partial charge < -0.3 is 9.47 Å². The molecule has 0 fully saturated rings. The maximum Gasteiger partial charge on any atom is 0.314 e. The summed E-state index contributed by atoms with van der Waals surface area (Å²) >= 11 is 0. The number of nitrogens with zero attached hydrogens (tertiary/aromatic N) is 2. The minimum absolute atomic E-state index is 0.0251. The second-order valence-corrected chi connectivity index (χ2v) is 7.02. The third-order valence-corrected chi connectivity index (χ3v) is 4.58. The SMILES string of the molecule is CCCCCOc1cnc(-c2ccc(OC(=O)C(CCC)CCC)cc2)nc1. The van der Waals surface area contributed by atoms with Crippen molar-refractivity contribution in [2.75, 3.05) is 6.61 Å². The molecule has 0 saturated heterocycles. The molecule has 5 nitrogen and oxygen atoms in total. The van der Waals surface area contributed by atoms with Gasteiger partial charge in [0.25, 0.3) is 0 Å². The van der Waals surface area contributed by atoms with Crippen molar-refractivity contribution in [3.05, 3.63) is 36.7 Å². The largest absolute Gasteiger partial charge is 0.490 e. The fourth-order valence-corrected chi connectivity index (χ4v) is 3.03. The average molecular weight is 385 g/mol. The Bertz CT molecular complexity index is 693. The second kappa shape index (κ2) is 12.1. The summed E-state index contributed by atoms with van der Waals surface area (Å²) in [6.45, 7) is 7.03. The molecular formula is C23H32N2O3. The fraction of sp³-hybridized carbons (Fsp3) is 0.522. The first-order valence-electron chi connectivity index (χ1n) is 10.4. The number of benzene rings is 1. The van der Waals surface area contributed by atoms with E-state index in [1.165, 1.54) is 6.42 Å². The van der Waals surface area contributed by atoms with Gasteiger partial charge in [0, 0.05) is 5.56 Å². The lowest BCUT2D eigenvalue weighted by molar-refractivity contribution is -0.139. The van der Waals surface area contributed by atoms with E-state index in [-0.39, 0.29) is 11.9 Å². The van der Waals surface area contributed by atoms with Gasteiger partial charge in [-0.2, -0.15) is 0 Å². The molecule has 0 unspecified atom stereocenters. The van der Waals surface area contributed by atoms with Crippen LogP contribution in [0.25, 0.3) is 11.4 Å². The quantitative estimate of drug-likeness (QED) is 0.261. The molecule has 0 aliphatic heterocycles. The Morgan fingerprint density at radius 2 is 1.54 bits per heavy atom. The van der Waals surface area contributed by atoms with Gasteiger partial charge in [-0.25, -0.2) is 9.97 Å². The molecular weight excluding hydrogens is 352 g/mol. The Morgan fingerprint density at radius 3 is 2.11 bits per heavy atom. The number of ether oxygens (including phenoxy) is 2. The van der Waals surface area contributed by atoms with Gasteiger partial charge in [-0.3, -0.25) is 4.79 Å². The van der Waals surface area contributed by atoms with Gasteiger partial charge in [0.15, 0.2) is 11.6 Å². The highest BCUT2D eigenvalue weighted by Gasteiger charge is 2.18. The molecule has 0 aliphatic carbocycles. The molecule has 2 aromatic rings. The third kappa shape index (κ3) is 6.95. The molecule has 0 saturated carbocycles. The highest BCUT2D eigenvalue weighted by atomic mass is 16.5. The first-order chi connectivity index (χ1) is 13.7. The maximum absolute atomic E-state index is 12.4. The van der Waals surface area contributed by atoms with Crippen molar-refractivity contribution in [1.29, 1.82) is 0 Å². The predicted octanol–water partition coefficient (Wildman–Crippen LogP) is 5.83. The molecule has 152 valence electrons. The number of unbranched alkanes of at least 4 members (excludes halogenated alkanes) is 2. The fourth-order valence-electron chi connectivity index (χ4n) is 3.03. The first-order valence-corrected chi connectivity index (χ1v) is 10.4. The Hall–Kier alpha value is -2.43. The van der Waals surface area contributed by atoms with E-state index < -0.39 is 0 Å². The summed E-state index contributed by atoms with van der Waals surface area (Å²) in [4.78, 5) is 21.1. The standard InChI is InChI=1S/C23H32N2O3/c1-4-7-8-15-27-21-16-24-22(25-17-21)18-11-13-20(14-12-18)28-23(26)19(9-5-2)10-6-3/h11-14,16-17,19H,4-10,15H2,1-3H3. The summed E-state index contributed by atoms with van der Waals surface area (Å²) in [6.07, 6.45) is 10.5. The summed E-state index contributed by atoms with van der Waals surface area (Å²) in [6, 6.07) is 7.32. The molecule has 2 rings (SSSR count). The van der Waals surface area contributed by atoms with Gasteiger partial charge >= 0.3 is 5.97 Å².